The number of carboxylic acid groups (broad SMARTS) is 1. The molecule has 0 aliphatic carbocycles. The number of hydrogen-bond donors (Lipinski definition) is 3. The summed E-state index contributed by atoms with van der Waals surface area (Å²) in [5.41, 5.74) is 5.45. The van der Waals surface area contributed by atoms with Gasteiger partial charge in [-0.15, -0.1) is 0 Å². The van der Waals surface area contributed by atoms with Gasteiger partial charge in [-0.25, -0.2) is 4.79 Å². The Bertz CT molecular complexity index is 179. The number of nitrogens with one attached hydrogen (secondary N) is 1. The summed E-state index contributed by atoms with van der Waals surface area (Å²) in [4.78, 5) is 21.1. The van der Waals surface area contributed by atoms with E-state index in [4.69, 9.17) is 10.8 Å². The number of carbonyl (C=O) groups is 2. The number of Topliss-reactive ketones (excluding diaryl/α,β-unsaturated/α-hetero) is 1. The van der Waals surface area contributed by atoms with E-state index in [0.717, 1.165) is 0 Å². The molecule has 0 radical (unpaired) electrons. The first-order valence-electron chi connectivity index (χ1n) is 3.70. The lowest BCUT2D eigenvalue weighted by Crippen LogP contribution is -2.37. The maximum atomic E-state index is 11.1. The van der Waals surface area contributed by atoms with Crippen molar-refractivity contribution < 1.29 is 14.7 Å². The lowest BCUT2D eigenvalue weighted by atomic mass is 9.99. The molecule has 0 heterocycles. The van der Waals surface area contributed by atoms with E-state index in [1.165, 1.54) is 0 Å². The van der Waals surface area contributed by atoms with Crippen LogP contribution < -0.4 is 11.1 Å². The number of hydrogen-bond acceptors (Lipinski definition) is 3. The van der Waals surface area contributed by atoms with Crippen LogP contribution in [0.1, 0.15) is 13.8 Å². The smallest absolute Gasteiger partial charge is 0.405 e. The van der Waals surface area contributed by atoms with Crippen molar-refractivity contribution in [2.75, 3.05) is 6.54 Å². The van der Waals surface area contributed by atoms with E-state index in [1.807, 2.05) is 5.32 Å². The molecule has 2 unspecified atom stereocenters. The quantitative estimate of drug-likeness (QED) is 0.550. The molecule has 1 amide bonds. The number of ketones is 1. The molecule has 0 spiro atoms. The van der Waals surface area contributed by atoms with Crippen molar-refractivity contribution in [2.45, 2.75) is 19.9 Å². The topological polar surface area (TPSA) is 92.4 Å². The molecule has 5 heteroatoms. The molecule has 70 valence electrons. The first-order chi connectivity index (χ1) is 5.45. The summed E-state index contributed by atoms with van der Waals surface area (Å²) in [6.45, 7) is 3.22. The fourth-order valence-corrected chi connectivity index (χ4v) is 0.617. The summed E-state index contributed by atoms with van der Waals surface area (Å²) >= 11 is 0. The zero-order chi connectivity index (χ0) is 9.72. The Morgan fingerprint density at radius 1 is 1.50 bits per heavy atom. The Morgan fingerprint density at radius 2 is 2.00 bits per heavy atom. The molecule has 0 fully saturated rings. The highest BCUT2D eigenvalue weighted by Crippen LogP contribution is 1.99. The van der Waals surface area contributed by atoms with Crippen LogP contribution in [0.15, 0.2) is 0 Å². The van der Waals surface area contributed by atoms with Gasteiger partial charge in [0.1, 0.15) is 0 Å². The number of nitrogens with two attached hydrogens (primary N) is 1. The van der Waals surface area contributed by atoms with E-state index in [0.29, 0.717) is 0 Å². The monoisotopic (exact) mass is 174 g/mol. The van der Waals surface area contributed by atoms with Crippen LogP contribution in [-0.2, 0) is 4.79 Å². The average molecular weight is 174 g/mol. The summed E-state index contributed by atoms with van der Waals surface area (Å²) in [6, 6.07) is -0.243. The van der Waals surface area contributed by atoms with E-state index in [9.17, 15) is 9.59 Å². The van der Waals surface area contributed by atoms with Gasteiger partial charge in [0.2, 0.25) is 0 Å². The van der Waals surface area contributed by atoms with Crippen LogP contribution in [0.4, 0.5) is 4.79 Å². The van der Waals surface area contributed by atoms with E-state index in [-0.39, 0.29) is 24.3 Å². The summed E-state index contributed by atoms with van der Waals surface area (Å²) in [5, 5.41) is 10.2. The lowest BCUT2D eigenvalue weighted by molar-refractivity contribution is -0.121. The second kappa shape index (κ2) is 4.71. The zero-order valence-electron chi connectivity index (χ0n) is 7.20. The number of amides is 1. The Labute approximate surface area is 70.9 Å². The van der Waals surface area contributed by atoms with Crippen molar-refractivity contribution in [3.8, 4) is 0 Å². The lowest BCUT2D eigenvalue weighted by Gasteiger charge is -2.13. The van der Waals surface area contributed by atoms with Gasteiger partial charge in [-0.1, -0.05) is 6.92 Å². The van der Waals surface area contributed by atoms with Gasteiger partial charge in [-0.2, -0.15) is 0 Å². The third kappa shape index (κ3) is 3.92. The molecule has 0 saturated carbocycles. The minimum absolute atomic E-state index is 0.169. The second-order valence-electron chi connectivity index (χ2n) is 2.77. The van der Waals surface area contributed by atoms with E-state index >= 15 is 0 Å². The molecular formula is C7H14N2O3. The second-order valence-corrected chi connectivity index (χ2v) is 2.77. The maximum Gasteiger partial charge on any atom is 0.405 e. The highest BCUT2D eigenvalue weighted by Gasteiger charge is 2.16. The molecule has 0 aliphatic rings. The Morgan fingerprint density at radius 3 is 2.33 bits per heavy atom. The molecule has 4 N–H and O–H groups in total. The van der Waals surface area contributed by atoms with Gasteiger partial charge in [0, 0.05) is 12.0 Å². The molecule has 0 rings (SSSR count). The van der Waals surface area contributed by atoms with Crippen LogP contribution in [0.3, 0.4) is 0 Å². The van der Waals surface area contributed by atoms with Gasteiger partial charge in [-0.05, 0) is 6.92 Å². The van der Waals surface area contributed by atoms with Crippen molar-refractivity contribution in [1.82, 2.24) is 5.32 Å². The van der Waals surface area contributed by atoms with Crippen molar-refractivity contribution in [2.24, 2.45) is 11.7 Å². The zero-order valence-corrected chi connectivity index (χ0v) is 7.20. The van der Waals surface area contributed by atoms with E-state index < -0.39 is 6.09 Å². The maximum absolute atomic E-state index is 11.1. The van der Waals surface area contributed by atoms with E-state index in [1.54, 1.807) is 13.8 Å². The highest BCUT2D eigenvalue weighted by molar-refractivity contribution is 5.85. The Hall–Kier alpha value is -1.10. The minimum Gasteiger partial charge on any atom is -0.465 e. The van der Waals surface area contributed by atoms with E-state index in [2.05, 4.69) is 0 Å². The molecule has 12 heavy (non-hydrogen) atoms. The van der Waals surface area contributed by atoms with Gasteiger partial charge < -0.3 is 16.2 Å². The van der Waals surface area contributed by atoms with Gasteiger partial charge in [0.05, 0.1) is 6.54 Å². The van der Waals surface area contributed by atoms with Crippen molar-refractivity contribution in [3.05, 3.63) is 0 Å². The molecule has 0 aromatic heterocycles. The van der Waals surface area contributed by atoms with Gasteiger partial charge in [0.25, 0.3) is 0 Å². The van der Waals surface area contributed by atoms with Crippen molar-refractivity contribution in [3.63, 3.8) is 0 Å². The summed E-state index contributed by atoms with van der Waals surface area (Å²) in [6.07, 6.45) is -1.19. The fourth-order valence-electron chi connectivity index (χ4n) is 0.617. The largest absolute Gasteiger partial charge is 0.465 e. The normalized spacial score (nSPS) is 14.9. The summed E-state index contributed by atoms with van der Waals surface area (Å²) in [7, 11) is 0. The average Bonchev–Trinajstić information content (AvgIpc) is 1.98. The highest BCUT2D eigenvalue weighted by atomic mass is 16.4. The van der Waals surface area contributed by atoms with Crippen LogP contribution in [0, 0.1) is 5.92 Å². The third-order valence-electron chi connectivity index (χ3n) is 1.71. The van der Waals surface area contributed by atoms with Gasteiger partial charge in [0.15, 0.2) is 5.78 Å². The first kappa shape index (κ1) is 10.9. The molecule has 0 aromatic rings. The molecule has 0 aromatic carbocycles. The fraction of sp³-hybridized carbons (Fsp3) is 0.714. The van der Waals surface area contributed by atoms with Gasteiger partial charge >= 0.3 is 6.09 Å². The predicted molar refractivity (Wildman–Crippen MR) is 43.8 cm³/mol. The van der Waals surface area contributed by atoms with Crippen molar-refractivity contribution >= 4 is 11.9 Å². The molecular weight excluding hydrogens is 160 g/mol. The number of rotatable bonds is 4. The Balaban J connectivity index is 3.80. The molecule has 0 bridgehead atoms. The van der Waals surface area contributed by atoms with Crippen LogP contribution in [0.25, 0.3) is 0 Å². The SMILES string of the molecule is CC(N)C(C)C(=O)CNC(=O)O. The third-order valence-corrected chi connectivity index (χ3v) is 1.71. The Kier molecular flexibility index (Phi) is 4.28. The van der Waals surface area contributed by atoms with Crippen molar-refractivity contribution in [1.29, 1.82) is 0 Å². The number of carbonyl (C=O) groups excluding carboxylic acids is 1. The standard InChI is InChI=1S/C7H14N2O3/c1-4(5(2)8)6(10)3-9-7(11)12/h4-5,9H,3,8H2,1-2H3,(H,11,12). The summed E-state index contributed by atoms with van der Waals surface area (Å²) < 4.78 is 0. The molecule has 2 atom stereocenters. The minimum atomic E-state index is -1.19. The van der Waals surface area contributed by atoms with Gasteiger partial charge in [-0.3, -0.25) is 4.79 Å². The predicted octanol–water partition coefficient (Wildman–Crippen LogP) is -0.194. The van der Waals surface area contributed by atoms with Crippen LogP contribution in [0.2, 0.25) is 0 Å². The van der Waals surface area contributed by atoms with Crippen LogP contribution >= 0.6 is 0 Å². The molecule has 0 aliphatic heterocycles. The van der Waals surface area contributed by atoms with Crippen LogP contribution in [-0.4, -0.2) is 29.6 Å². The summed E-state index contributed by atoms with van der Waals surface area (Å²) in [5.74, 6) is -0.496. The van der Waals surface area contributed by atoms with Crippen LogP contribution in [0.5, 0.6) is 0 Å². The molecule has 5 nitrogen and oxygen atoms in total. The molecule has 0 saturated heterocycles. The first-order valence-corrected chi connectivity index (χ1v) is 3.70.